The summed E-state index contributed by atoms with van der Waals surface area (Å²) in [4.78, 5) is 36.0. The highest BCUT2D eigenvalue weighted by molar-refractivity contribution is 5.90. The Morgan fingerprint density at radius 3 is 2.47 bits per heavy atom. The minimum atomic E-state index is -1.02. The molecule has 0 saturated carbocycles. The zero-order chi connectivity index (χ0) is 20.8. The number of fused-ring (bicyclic) bond motifs is 3. The van der Waals surface area contributed by atoms with E-state index in [4.69, 9.17) is 18.7 Å². The summed E-state index contributed by atoms with van der Waals surface area (Å²) < 4.78 is 16.8. The minimum Gasteiger partial charge on any atom is -0.478 e. The van der Waals surface area contributed by atoms with Gasteiger partial charge in [0.15, 0.2) is 5.75 Å². The average Bonchev–Trinajstić information content (AvgIpc) is 3.23. The van der Waals surface area contributed by atoms with Gasteiger partial charge in [-0.1, -0.05) is 24.3 Å². The number of hydrogen-bond acceptors (Lipinski definition) is 6. The SMILES string of the molecule is O=C1CC(c2ccc(-c3ccc(C(=O)O)cc3)o2)c2c(c3ccccc3oc2=O)O1. The van der Waals surface area contributed by atoms with Gasteiger partial charge in [0.1, 0.15) is 17.1 Å². The van der Waals surface area contributed by atoms with Crippen LogP contribution in [0.25, 0.3) is 22.3 Å². The molecule has 7 heteroatoms. The normalized spacial score (nSPS) is 15.6. The Morgan fingerprint density at radius 2 is 1.70 bits per heavy atom. The highest BCUT2D eigenvalue weighted by Crippen LogP contribution is 2.41. The van der Waals surface area contributed by atoms with E-state index < -0.39 is 23.5 Å². The number of carboxylic acids is 1. The first-order valence-corrected chi connectivity index (χ1v) is 9.21. The number of ether oxygens (including phenoxy) is 1. The van der Waals surface area contributed by atoms with Crippen LogP contribution in [-0.4, -0.2) is 17.0 Å². The molecule has 1 aliphatic rings. The third kappa shape index (κ3) is 2.88. The Morgan fingerprint density at radius 1 is 0.933 bits per heavy atom. The fraction of sp³-hybridized carbons (Fsp3) is 0.0870. The smallest absolute Gasteiger partial charge is 0.344 e. The van der Waals surface area contributed by atoms with Crippen LogP contribution in [0.3, 0.4) is 0 Å². The first-order chi connectivity index (χ1) is 14.5. The highest BCUT2D eigenvalue weighted by Gasteiger charge is 2.35. The van der Waals surface area contributed by atoms with Gasteiger partial charge in [0.05, 0.1) is 28.9 Å². The average molecular weight is 402 g/mol. The maximum atomic E-state index is 12.7. The first kappa shape index (κ1) is 17.9. The predicted molar refractivity (Wildman–Crippen MR) is 106 cm³/mol. The molecule has 0 amide bonds. The summed E-state index contributed by atoms with van der Waals surface area (Å²) in [6.07, 6.45) is -0.0546. The van der Waals surface area contributed by atoms with Gasteiger partial charge in [-0.05, 0) is 36.4 Å². The van der Waals surface area contributed by atoms with Crippen LogP contribution in [0.1, 0.15) is 34.0 Å². The molecule has 1 N–H and O–H groups in total. The van der Waals surface area contributed by atoms with E-state index in [0.29, 0.717) is 28.1 Å². The monoisotopic (exact) mass is 402 g/mol. The third-order valence-electron chi connectivity index (χ3n) is 5.12. The van der Waals surface area contributed by atoms with E-state index in [1.165, 1.54) is 12.1 Å². The van der Waals surface area contributed by atoms with Crippen LogP contribution in [0.5, 0.6) is 5.75 Å². The maximum absolute atomic E-state index is 12.7. The Hall–Kier alpha value is -4.13. The maximum Gasteiger partial charge on any atom is 0.344 e. The molecular weight excluding hydrogens is 388 g/mol. The molecule has 4 aromatic rings. The molecule has 1 atom stereocenters. The molecular formula is C23H14O7. The number of carbonyl (C=O) groups is 2. The van der Waals surface area contributed by atoms with Crippen molar-refractivity contribution in [3.63, 3.8) is 0 Å². The van der Waals surface area contributed by atoms with Crippen molar-refractivity contribution in [1.29, 1.82) is 0 Å². The molecule has 0 radical (unpaired) electrons. The lowest BCUT2D eigenvalue weighted by Gasteiger charge is -2.22. The topological polar surface area (TPSA) is 107 Å². The molecule has 2 aromatic heterocycles. The Bertz CT molecular complexity index is 1360. The number of hydrogen-bond donors (Lipinski definition) is 1. The van der Waals surface area contributed by atoms with E-state index in [2.05, 4.69) is 0 Å². The van der Waals surface area contributed by atoms with Crippen LogP contribution in [0.4, 0.5) is 0 Å². The summed E-state index contributed by atoms with van der Waals surface area (Å²) in [6.45, 7) is 0. The largest absolute Gasteiger partial charge is 0.478 e. The van der Waals surface area contributed by atoms with Crippen molar-refractivity contribution >= 4 is 22.9 Å². The van der Waals surface area contributed by atoms with Crippen LogP contribution in [-0.2, 0) is 4.79 Å². The molecule has 5 rings (SSSR count). The van der Waals surface area contributed by atoms with Gasteiger partial charge < -0.3 is 18.7 Å². The van der Waals surface area contributed by atoms with Crippen molar-refractivity contribution in [1.82, 2.24) is 0 Å². The molecule has 148 valence electrons. The van der Waals surface area contributed by atoms with Crippen molar-refractivity contribution < 1.29 is 28.3 Å². The Labute approximate surface area is 169 Å². The molecule has 7 nitrogen and oxygen atoms in total. The zero-order valence-corrected chi connectivity index (χ0v) is 15.5. The number of aromatic carboxylic acids is 1. The summed E-state index contributed by atoms with van der Waals surface area (Å²) in [5.41, 5.74) is 0.850. The predicted octanol–water partition coefficient (Wildman–Crippen LogP) is 4.19. The quantitative estimate of drug-likeness (QED) is 0.404. The summed E-state index contributed by atoms with van der Waals surface area (Å²) in [6, 6.07) is 16.5. The fourth-order valence-electron chi connectivity index (χ4n) is 3.69. The molecule has 0 fully saturated rings. The van der Waals surface area contributed by atoms with Crippen LogP contribution in [0.15, 0.2) is 74.3 Å². The number of carboxylic acid groups (broad SMARTS) is 1. The minimum absolute atomic E-state index is 0.0546. The summed E-state index contributed by atoms with van der Waals surface area (Å²) in [7, 11) is 0. The van der Waals surface area contributed by atoms with Gasteiger partial charge in [0.25, 0.3) is 0 Å². The van der Waals surface area contributed by atoms with Gasteiger partial charge in [0.2, 0.25) is 0 Å². The summed E-state index contributed by atoms with van der Waals surface area (Å²) in [5, 5.41) is 9.58. The van der Waals surface area contributed by atoms with E-state index in [1.807, 2.05) is 0 Å². The second-order valence-electron chi connectivity index (χ2n) is 6.94. The van der Waals surface area contributed by atoms with E-state index in [-0.39, 0.29) is 23.3 Å². The number of para-hydroxylation sites is 1. The third-order valence-corrected chi connectivity index (χ3v) is 5.12. The molecule has 0 spiro atoms. The summed E-state index contributed by atoms with van der Waals surface area (Å²) >= 11 is 0. The van der Waals surface area contributed by atoms with Crippen molar-refractivity contribution in [3.05, 3.63) is 88.0 Å². The standard InChI is InChI=1S/C23H14O7/c24-19-11-15(20-21(30-19)14-3-1-2-4-17(14)29-23(20)27)18-10-9-16(28-18)12-5-7-13(8-6-12)22(25)26/h1-10,15H,11H2,(H,25,26). The number of esters is 1. The van der Waals surface area contributed by atoms with E-state index in [0.717, 1.165) is 0 Å². The molecule has 1 aliphatic heterocycles. The molecule has 2 aromatic carbocycles. The van der Waals surface area contributed by atoms with Crippen LogP contribution in [0, 0.1) is 0 Å². The number of furan rings is 1. The van der Waals surface area contributed by atoms with Gasteiger partial charge in [-0.2, -0.15) is 0 Å². The van der Waals surface area contributed by atoms with Gasteiger partial charge in [0, 0.05) is 5.56 Å². The lowest BCUT2D eigenvalue weighted by atomic mass is 9.91. The van der Waals surface area contributed by atoms with Crippen LogP contribution < -0.4 is 10.4 Å². The van der Waals surface area contributed by atoms with Crippen LogP contribution in [0.2, 0.25) is 0 Å². The second kappa shape index (κ2) is 6.73. The Balaban J connectivity index is 1.60. The van der Waals surface area contributed by atoms with Crippen molar-refractivity contribution in [2.24, 2.45) is 0 Å². The van der Waals surface area contributed by atoms with Crippen molar-refractivity contribution in [2.75, 3.05) is 0 Å². The fourth-order valence-corrected chi connectivity index (χ4v) is 3.69. The van der Waals surface area contributed by atoms with Crippen molar-refractivity contribution in [2.45, 2.75) is 12.3 Å². The van der Waals surface area contributed by atoms with Crippen LogP contribution >= 0.6 is 0 Å². The van der Waals surface area contributed by atoms with Gasteiger partial charge >= 0.3 is 17.6 Å². The number of carbonyl (C=O) groups excluding carboxylic acids is 1. The molecule has 3 heterocycles. The summed E-state index contributed by atoms with van der Waals surface area (Å²) in [5.74, 6) is -1.01. The molecule has 0 bridgehead atoms. The molecule has 0 saturated heterocycles. The van der Waals surface area contributed by atoms with Gasteiger partial charge in [-0.3, -0.25) is 4.79 Å². The molecule has 1 unspecified atom stereocenters. The highest BCUT2D eigenvalue weighted by atomic mass is 16.5. The van der Waals surface area contributed by atoms with E-state index in [1.54, 1.807) is 48.5 Å². The second-order valence-corrected chi connectivity index (χ2v) is 6.94. The zero-order valence-electron chi connectivity index (χ0n) is 15.5. The van der Waals surface area contributed by atoms with E-state index in [9.17, 15) is 14.4 Å². The van der Waals surface area contributed by atoms with E-state index >= 15 is 0 Å². The lowest BCUT2D eigenvalue weighted by Crippen LogP contribution is -2.26. The van der Waals surface area contributed by atoms with Gasteiger partial charge in [-0.15, -0.1) is 0 Å². The van der Waals surface area contributed by atoms with Gasteiger partial charge in [-0.25, -0.2) is 9.59 Å². The number of rotatable bonds is 3. The number of benzene rings is 2. The van der Waals surface area contributed by atoms with Crippen molar-refractivity contribution in [3.8, 4) is 17.1 Å². The molecule has 0 aliphatic carbocycles. The first-order valence-electron chi connectivity index (χ1n) is 9.21. The molecule has 30 heavy (non-hydrogen) atoms. The lowest BCUT2D eigenvalue weighted by molar-refractivity contribution is -0.135. The Kier molecular flexibility index (Phi) is 4.03.